The molecule has 1 unspecified atom stereocenters. The van der Waals surface area contributed by atoms with Crippen molar-refractivity contribution in [3.05, 3.63) is 86.9 Å². The van der Waals surface area contributed by atoms with Crippen molar-refractivity contribution in [1.82, 2.24) is 35.5 Å². The number of ether oxygens (including phenoxy) is 1. The van der Waals surface area contributed by atoms with Gasteiger partial charge in [0.25, 0.3) is 17.4 Å². The number of likely N-dealkylation sites (tertiary alicyclic amines) is 1. The van der Waals surface area contributed by atoms with E-state index in [-0.39, 0.29) is 53.5 Å². The number of nitrogens with one attached hydrogen (secondary N) is 2. The normalized spacial score (nSPS) is 22.9. The summed E-state index contributed by atoms with van der Waals surface area (Å²) in [5, 5.41) is 23.7. The van der Waals surface area contributed by atoms with Crippen LogP contribution in [0.3, 0.4) is 0 Å². The number of piperidine rings is 2. The fraction of sp³-hybridized carbons (Fsp3) is 0.455. The molecule has 15 heteroatoms. The van der Waals surface area contributed by atoms with E-state index >= 15 is 0 Å². The average Bonchev–Trinajstić information content (AvgIpc) is 3.20. The van der Waals surface area contributed by atoms with Crippen molar-refractivity contribution in [1.29, 1.82) is 5.26 Å². The maximum atomic E-state index is 13.4. The second-order valence-electron chi connectivity index (χ2n) is 17.4. The summed E-state index contributed by atoms with van der Waals surface area (Å²) in [4.78, 5) is 59.6. The molecule has 3 amide bonds. The predicted octanol–water partition coefficient (Wildman–Crippen LogP) is 4.50. The van der Waals surface area contributed by atoms with Gasteiger partial charge < -0.3 is 19.9 Å². The molecule has 0 bridgehead atoms. The van der Waals surface area contributed by atoms with Crippen molar-refractivity contribution in [3.63, 3.8) is 0 Å². The smallest absolute Gasteiger partial charge is 0.278 e. The fourth-order valence-corrected chi connectivity index (χ4v) is 9.68. The second kappa shape index (κ2) is 15.7. The molecule has 14 nitrogen and oxygen atoms in total. The Bertz CT molecular complexity index is 2470. The van der Waals surface area contributed by atoms with E-state index < -0.39 is 17.5 Å². The number of pyridine rings is 1. The lowest BCUT2D eigenvalue weighted by atomic mass is 9.49. The van der Waals surface area contributed by atoms with Gasteiger partial charge >= 0.3 is 0 Å². The van der Waals surface area contributed by atoms with E-state index in [4.69, 9.17) is 16.3 Å². The minimum atomic E-state index is -0.845. The van der Waals surface area contributed by atoms with Crippen molar-refractivity contribution in [2.24, 2.45) is 22.7 Å². The van der Waals surface area contributed by atoms with Gasteiger partial charge in [0.1, 0.15) is 35.2 Å². The summed E-state index contributed by atoms with van der Waals surface area (Å²) in [5.41, 5.74) is 1.81. The Morgan fingerprint density at radius 3 is 2.46 bits per heavy atom. The number of hydrogen-bond acceptors (Lipinski definition) is 11. The number of fused-ring (bicyclic) bond motifs is 1. The molecule has 1 aliphatic carbocycles. The van der Waals surface area contributed by atoms with E-state index in [2.05, 4.69) is 81.3 Å². The van der Waals surface area contributed by atoms with Crippen molar-refractivity contribution < 1.29 is 19.1 Å². The summed E-state index contributed by atoms with van der Waals surface area (Å²) < 4.78 is 7.43. The number of amides is 3. The van der Waals surface area contributed by atoms with Gasteiger partial charge in [0.2, 0.25) is 5.91 Å². The molecular weight excluding hydrogens is 770 g/mol. The average molecular weight is 816 g/mol. The third-order valence-corrected chi connectivity index (χ3v) is 12.8. The Morgan fingerprint density at radius 2 is 1.78 bits per heavy atom. The fourth-order valence-electron chi connectivity index (χ4n) is 9.47. The summed E-state index contributed by atoms with van der Waals surface area (Å²) in [6.07, 6.45) is 3.73. The molecule has 0 radical (unpaired) electrons. The lowest BCUT2D eigenvalue weighted by Gasteiger charge is -2.63. The Morgan fingerprint density at radius 1 is 1.02 bits per heavy atom. The molecule has 4 fully saturated rings. The number of carbonyl (C=O) groups excluding carboxylic acids is 3. The molecule has 0 spiro atoms. The molecule has 2 N–H and O–H groups in total. The van der Waals surface area contributed by atoms with E-state index in [1.807, 2.05) is 12.1 Å². The van der Waals surface area contributed by atoms with Crippen LogP contribution in [-0.2, 0) is 9.59 Å². The van der Waals surface area contributed by atoms with Crippen LogP contribution in [0.2, 0.25) is 5.02 Å². The van der Waals surface area contributed by atoms with Crippen LogP contribution in [-0.4, -0.2) is 87.5 Å². The van der Waals surface area contributed by atoms with Crippen molar-refractivity contribution >= 4 is 45.9 Å². The van der Waals surface area contributed by atoms with Crippen molar-refractivity contribution in [2.45, 2.75) is 71.6 Å². The third-order valence-electron chi connectivity index (χ3n) is 12.5. The molecule has 2 aromatic heterocycles. The summed E-state index contributed by atoms with van der Waals surface area (Å²) in [5.74, 6) is 6.96. The highest BCUT2D eigenvalue weighted by Gasteiger charge is 2.64. The number of anilines is 1. The summed E-state index contributed by atoms with van der Waals surface area (Å²) >= 11 is 6.24. The zero-order valence-electron chi connectivity index (χ0n) is 33.5. The minimum Gasteiger partial charge on any atom is -0.489 e. The highest BCUT2D eigenvalue weighted by Crippen LogP contribution is 2.55. The molecule has 3 saturated heterocycles. The quantitative estimate of drug-likeness (QED) is 0.189. The first-order valence-corrected chi connectivity index (χ1v) is 20.4. The summed E-state index contributed by atoms with van der Waals surface area (Å²) in [7, 11) is 0. The van der Waals surface area contributed by atoms with Crippen LogP contribution in [0.25, 0.3) is 10.9 Å². The lowest BCUT2D eigenvalue weighted by molar-refractivity contribution is -0.164. The molecule has 1 saturated carbocycles. The number of benzene rings is 2. The first-order valence-electron chi connectivity index (χ1n) is 20.1. The maximum absolute atomic E-state index is 13.4. The third kappa shape index (κ3) is 7.87. The van der Waals surface area contributed by atoms with E-state index in [0.717, 1.165) is 55.9 Å². The van der Waals surface area contributed by atoms with Crippen molar-refractivity contribution in [3.8, 4) is 23.7 Å². The monoisotopic (exact) mass is 815 g/mol. The molecule has 4 aliphatic rings. The number of imide groups is 1. The second-order valence-corrected chi connectivity index (χ2v) is 17.8. The Kier molecular flexibility index (Phi) is 10.7. The zero-order chi connectivity index (χ0) is 41.6. The van der Waals surface area contributed by atoms with E-state index in [1.54, 1.807) is 42.6 Å². The Hall–Kier alpha value is -5.83. The minimum absolute atomic E-state index is 0.153. The lowest BCUT2D eigenvalue weighted by Crippen LogP contribution is -2.74. The molecule has 59 heavy (non-hydrogen) atoms. The number of aromatic nitrogens is 4. The van der Waals surface area contributed by atoms with Gasteiger partial charge in [-0.1, -0.05) is 50.4 Å². The Balaban J connectivity index is 0.781. The standard InChI is InChI=1S/C44H46ClN9O5/c1-43(2)41(44(3,4)42(43)59-32-11-7-28(21-46)34(45)20-32)49-38(56)29-6-9-30(47-22-29)8-5-26-15-17-52(18-16-26)23-27-24-53(25-27)31-10-12-33-35(19-31)50-51-54(40(33)58)36-13-14-37(55)48-39(36)57/h6-7,9-12,19-20,22,26-27,36,41-42H,13-18,23-25H2,1-4H3,(H,49,56)(H,48,55,57). The van der Waals surface area contributed by atoms with E-state index in [9.17, 15) is 24.4 Å². The molecule has 3 aliphatic heterocycles. The Labute approximate surface area is 347 Å². The topological polar surface area (TPSA) is 175 Å². The number of rotatable bonds is 8. The van der Waals surface area contributed by atoms with Gasteiger partial charge in [-0.05, 0) is 80.7 Å². The van der Waals surface area contributed by atoms with Gasteiger partial charge in [0.05, 0.1) is 21.5 Å². The number of nitrogens with zero attached hydrogens (tertiary/aromatic N) is 7. The van der Waals surface area contributed by atoms with E-state index in [0.29, 0.717) is 44.4 Å². The van der Waals surface area contributed by atoms with Crippen LogP contribution >= 0.6 is 11.6 Å². The van der Waals surface area contributed by atoms with Crippen LogP contribution in [0.4, 0.5) is 5.69 Å². The summed E-state index contributed by atoms with van der Waals surface area (Å²) in [6.45, 7) is 13.1. The predicted molar refractivity (Wildman–Crippen MR) is 221 cm³/mol. The SMILES string of the molecule is CC1(C)C(NC(=O)c2ccc(C#CC3CCN(CC4CN(c5ccc6c(=O)n(C7CCC(=O)NC7=O)nnc6c5)C4)CC3)nc2)C(C)(C)C1Oc1ccc(C#N)c(Cl)c1. The highest BCUT2D eigenvalue weighted by molar-refractivity contribution is 6.31. The zero-order valence-corrected chi connectivity index (χ0v) is 34.3. The molecular formula is C44H46ClN9O5. The van der Waals surface area contributed by atoms with Crippen molar-refractivity contribution in [2.75, 3.05) is 37.6 Å². The van der Waals surface area contributed by atoms with Crippen LogP contribution in [0.15, 0.2) is 59.5 Å². The molecule has 1 atom stereocenters. The molecule has 304 valence electrons. The van der Waals surface area contributed by atoms with Gasteiger partial charge in [-0.3, -0.25) is 24.5 Å². The molecule has 8 rings (SSSR count). The number of nitriles is 1. The maximum Gasteiger partial charge on any atom is 0.278 e. The first-order chi connectivity index (χ1) is 28.2. The first kappa shape index (κ1) is 40.0. The molecule has 5 heterocycles. The highest BCUT2D eigenvalue weighted by atomic mass is 35.5. The van der Waals surface area contributed by atoms with Gasteiger partial charge in [0, 0.05) is 72.7 Å². The summed E-state index contributed by atoms with van der Waals surface area (Å²) in [6, 6.07) is 15.2. The van der Waals surface area contributed by atoms with Crippen LogP contribution in [0, 0.1) is 45.8 Å². The largest absolute Gasteiger partial charge is 0.489 e. The number of hydrogen-bond donors (Lipinski definition) is 2. The van der Waals surface area contributed by atoms with Crippen LogP contribution in [0.5, 0.6) is 5.75 Å². The molecule has 2 aromatic carbocycles. The number of halogens is 1. The van der Waals surface area contributed by atoms with Gasteiger partial charge in [-0.2, -0.15) is 9.94 Å². The van der Waals surface area contributed by atoms with Gasteiger partial charge in [-0.15, -0.1) is 5.10 Å². The van der Waals surface area contributed by atoms with Crippen LogP contribution < -0.4 is 25.8 Å². The molecule has 4 aromatic rings. The van der Waals surface area contributed by atoms with Gasteiger partial charge in [-0.25, -0.2) is 4.98 Å². The van der Waals surface area contributed by atoms with Crippen LogP contribution in [0.1, 0.15) is 81.0 Å². The number of carbonyl (C=O) groups is 3. The van der Waals surface area contributed by atoms with Gasteiger partial charge in [0.15, 0.2) is 0 Å². The van der Waals surface area contributed by atoms with E-state index in [1.165, 1.54) is 0 Å².